The summed E-state index contributed by atoms with van der Waals surface area (Å²) in [4.78, 5) is 15.7. The van der Waals surface area contributed by atoms with Gasteiger partial charge in [0.1, 0.15) is 10.6 Å². The van der Waals surface area contributed by atoms with Gasteiger partial charge in [0.15, 0.2) is 0 Å². The Morgan fingerprint density at radius 2 is 2.06 bits per heavy atom. The second kappa shape index (κ2) is 6.85. The normalized spacial score (nSPS) is 11.6. The SMILES string of the molecule is CCOC(CC)(CC)c1nc(CC(=O)OC)cs1. The third-order valence-corrected chi connectivity index (χ3v) is 4.13. The third-order valence-electron chi connectivity index (χ3n) is 3.06. The van der Waals surface area contributed by atoms with Crippen molar-refractivity contribution in [2.45, 2.75) is 45.6 Å². The van der Waals surface area contributed by atoms with E-state index in [2.05, 4.69) is 23.6 Å². The molecule has 0 aliphatic heterocycles. The second-order valence-corrected chi connectivity index (χ2v) is 4.89. The molecule has 0 aromatic carbocycles. The van der Waals surface area contributed by atoms with Crippen LogP contribution in [0, 0.1) is 0 Å². The van der Waals surface area contributed by atoms with E-state index >= 15 is 0 Å². The van der Waals surface area contributed by atoms with Crippen LogP contribution >= 0.6 is 11.3 Å². The molecule has 5 heteroatoms. The molecule has 1 aromatic rings. The van der Waals surface area contributed by atoms with Gasteiger partial charge in [-0.05, 0) is 19.8 Å². The predicted octanol–water partition coefficient (Wildman–Crippen LogP) is 2.91. The summed E-state index contributed by atoms with van der Waals surface area (Å²) in [6.07, 6.45) is 1.98. The van der Waals surface area contributed by atoms with Gasteiger partial charge in [0.25, 0.3) is 0 Å². The fraction of sp³-hybridized carbons (Fsp3) is 0.692. The molecule has 1 rings (SSSR count). The Bertz CT molecular complexity index is 385. The number of ether oxygens (including phenoxy) is 2. The maximum Gasteiger partial charge on any atom is 0.311 e. The maximum atomic E-state index is 11.2. The first kappa shape index (κ1) is 15.1. The first-order valence-corrected chi connectivity index (χ1v) is 7.15. The summed E-state index contributed by atoms with van der Waals surface area (Å²) in [7, 11) is 1.39. The Labute approximate surface area is 112 Å². The molecule has 18 heavy (non-hydrogen) atoms. The molecule has 0 saturated carbocycles. The quantitative estimate of drug-likeness (QED) is 0.715. The number of methoxy groups -OCH3 is 1. The maximum absolute atomic E-state index is 11.2. The van der Waals surface area contributed by atoms with Crippen molar-refractivity contribution in [3.05, 3.63) is 16.1 Å². The Morgan fingerprint density at radius 3 is 2.56 bits per heavy atom. The summed E-state index contributed by atoms with van der Waals surface area (Å²) in [5.41, 5.74) is 0.446. The highest BCUT2D eigenvalue weighted by Crippen LogP contribution is 2.35. The Kier molecular flexibility index (Phi) is 5.75. The van der Waals surface area contributed by atoms with Crippen LogP contribution in [-0.2, 0) is 26.3 Å². The number of carbonyl (C=O) groups excluding carboxylic acids is 1. The Morgan fingerprint density at radius 1 is 1.39 bits per heavy atom. The summed E-state index contributed by atoms with van der Waals surface area (Å²) in [5, 5.41) is 2.86. The summed E-state index contributed by atoms with van der Waals surface area (Å²) in [5.74, 6) is -0.262. The van der Waals surface area contributed by atoms with E-state index in [0.29, 0.717) is 6.61 Å². The molecule has 0 saturated heterocycles. The van der Waals surface area contributed by atoms with Gasteiger partial charge in [0.2, 0.25) is 0 Å². The second-order valence-electron chi connectivity index (χ2n) is 4.03. The van der Waals surface area contributed by atoms with Gasteiger partial charge in [-0.2, -0.15) is 0 Å². The number of esters is 1. The monoisotopic (exact) mass is 271 g/mol. The third kappa shape index (κ3) is 3.29. The molecule has 0 N–H and O–H groups in total. The molecule has 0 amide bonds. The van der Waals surface area contributed by atoms with Crippen molar-refractivity contribution in [1.82, 2.24) is 4.98 Å². The van der Waals surface area contributed by atoms with Crippen LogP contribution in [0.3, 0.4) is 0 Å². The highest BCUT2D eigenvalue weighted by molar-refractivity contribution is 7.09. The van der Waals surface area contributed by atoms with Crippen molar-refractivity contribution in [3.63, 3.8) is 0 Å². The van der Waals surface area contributed by atoms with Gasteiger partial charge in [-0.25, -0.2) is 4.98 Å². The van der Waals surface area contributed by atoms with Crippen LogP contribution in [0.5, 0.6) is 0 Å². The molecule has 1 heterocycles. The zero-order chi connectivity index (χ0) is 13.6. The van der Waals surface area contributed by atoms with E-state index < -0.39 is 0 Å². The lowest BCUT2D eigenvalue weighted by Crippen LogP contribution is -2.28. The molecule has 0 radical (unpaired) electrons. The highest BCUT2D eigenvalue weighted by atomic mass is 32.1. The van der Waals surface area contributed by atoms with Crippen molar-refractivity contribution in [3.8, 4) is 0 Å². The van der Waals surface area contributed by atoms with Gasteiger partial charge in [-0.3, -0.25) is 4.79 Å². The van der Waals surface area contributed by atoms with Crippen LogP contribution in [0.25, 0.3) is 0 Å². The van der Waals surface area contributed by atoms with Gasteiger partial charge in [-0.15, -0.1) is 11.3 Å². The van der Waals surface area contributed by atoms with Gasteiger partial charge in [-0.1, -0.05) is 13.8 Å². The zero-order valence-electron chi connectivity index (χ0n) is 11.5. The lowest BCUT2D eigenvalue weighted by molar-refractivity contribution is -0.139. The average molecular weight is 271 g/mol. The van der Waals surface area contributed by atoms with Crippen LogP contribution in [0.2, 0.25) is 0 Å². The van der Waals surface area contributed by atoms with Crippen LogP contribution < -0.4 is 0 Å². The Hall–Kier alpha value is -0.940. The average Bonchev–Trinajstić information content (AvgIpc) is 2.84. The summed E-state index contributed by atoms with van der Waals surface area (Å²) in [6, 6.07) is 0. The molecule has 0 spiro atoms. The van der Waals surface area contributed by atoms with Crippen molar-refractivity contribution in [1.29, 1.82) is 0 Å². The first-order valence-electron chi connectivity index (χ1n) is 6.27. The number of aromatic nitrogens is 1. The molecule has 0 aliphatic carbocycles. The van der Waals surface area contributed by atoms with Crippen molar-refractivity contribution in [2.75, 3.05) is 13.7 Å². The standard InChI is InChI=1S/C13H21NO3S/c1-5-13(6-2,17-7-3)12-14-10(9-18-12)8-11(15)16-4/h9H,5-8H2,1-4H3. The summed E-state index contributed by atoms with van der Waals surface area (Å²) >= 11 is 1.55. The Balaban J connectivity index is 2.90. The minimum Gasteiger partial charge on any atom is -0.469 e. The molecule has 0 unspecified atom stereocenters. The number of rotatable bonds is 7. The molecular formula is C13H21NO3S. The van der Waals surface area contributed by atoms with Crippen molar-refractivity contribution < 1.29 is 14.3 Å². The number of hydrogen-bond acceptors (Lipinski definition) is 5. The smallest absolute Gasteiger partial charge is 0.311 e. The van der Waals surface area contributed by atoms with Gasteiger partial charge in [0, 0.05) is 12.0 Å². The van der Waals surface area contributed by atoms with Crippen molar-refractivity contribution in [2.24, 2.45) is 0 Å². The van der Waals surface area contributed by atoms with Crippen LogP contribution in [0.1, 0.15) is 44.3 Å². The summed E-state index contributed by atoms with van der Waals surface area (Å²) < 4.78 is 10.5. The van der Waals surface area contributed by atoms with Gasteiger partial charge >= 0.3 is 5.97 Å². The van der Waals surface area contributed by atoms with Crippen molar-refractivity contribution >= 4 is 17.3 Å². The van der Waals surface area contributed by atoms with Crippen LogP contribution in [0.4, 0.5) is 0 Å². The fourth-order valence-electron chi connectivity index (χ4n) is 1.91. The van der Waals surface area contributed by atoms with Gasteiger partial charge in [0.05, 0.1) is 19.2 Å². The highest BCUT2D eigenvalue weighted by Gasteiger charge is 2.32. The summed E-state index contributed by atoms with van der Waals surface area (Å²) in [6.45, 7) is 6.84. The molecule has 0 fully saturated rings. The molecule has 102 valence electrons. The number of nitrogens with zero attached hydrogens (tertiary/aromatic N) is 1. The minimum atomic E-state index is -0.312. The molecule has 4 nitrogen and oxygen atoms in total. The molecular weight excluding hydrogens is 250 g/mol. The van der Waals surface area contributed by atoms with E-state index in [1.54, 1.807) is 11.3 Å². The number of hydrogen-bond donors (Lipinski definition) is 0. The van der Waals surface area contributed by atoms with E-state index in [0.717, 1.165) is 23.5 Å². The fourth-order valence-corrected chi connectivity index (χ4v) is 3.03. The number of carbonyl (C=O) groups is 1. The molecule has 0 aliphatic rings. The van der Waals surface area contributed by atoms with Crippen LogP contribution in [-0.4, -0.2) is 24.7 Å². The molecule has 1 aromatic heterocycles. The minimum absolute atomic E-state index is 0.225. The zero-order valence-corrected chi connectivity index (χ0v) is 12.3. The lowest BCUT2D eigenvalue weighted by Gasteiger charge is -2.29. The van der Waals surface area contributed by atoms with E-state index in [1.165, 1.54) is 7.11 Å². The van der Waals surface area contributed by atoms with Crippen LogP contribution in [0.15, 0.2) is 5.38 Å². The van der Waals surface area contributed by atoms with E-state index in [-0.39, 0.29) is 18.0 Å². The van der Waals surface area contributed by atoms with E-state index in [9.17, 15) is 4.79 Å². The molecule has 0 atom stereocenters. The predicted molar refractivity (Wildman–Crippen MR) is 71.7 cm³/mol. The van der Waals surface area contributed by atoms with Gasteiger partial charge < -0.3 is 9.47 Å². The lowest BCUT2D eigenvalue weighted by atomic mass is 9.98. The van der Waals surface area contributed by atoms with E-state index in [4.69, 9.17) is 4.74 Å². The molecule has 0 bridgehead atoms. The first-order chi connectivity index (χ1) is 8.61. The number of thiazole rings is 1. The van der Waals surface area contributed by atoms with E-state index in [1.807, 2.05) is 12.3 Å². The largest absolute Gasteiger partial charge is 0.469 e. The topological polar surface area (TPSA) is 48.4 Å².